The quantitative estimate of drug-likeness (QED) is 0.792. The fourth-order valence-corrected chi connectivity index (χ4v) is 3.08. The summed E-state index contributed by atoms with van der Waals surface area (Å²) in [6.45, 7) is 2.93. The van der Waals surface area contributed by atoms with E-state index in [0.717, 1.165) is 31.6 Å². The van der Waals surface area contributed by atoms with Crippen molar-refractivity contribution >= 4 is 17.3 Å². The molecule has 2 aliphatic heterocycles. The second kappa shape index (κ2) is 5.01. The molecule has 4 nitrogen and oxygen atoms in total. The van der Waals surface area contributed by atoms with Gasteiger partial charge < -0.3 is 14.4 Å². The van der Waals surface area contributed by atoms with Gasteiger partial charge in [0.25, 0.3) is 0 Å². The molecule has 2 fully saturated rings. The number of nitrogens with zero attached hydrogens (tertiary/aromatic N) is 2. The third-order valence-corrected chi connectivity index (χ3v) is 4.07. The number of ether oxygens (including phenoxy) is 2. The van der Waals surface area contributed by atoms with E-state index in [-0.39, 0.29) is 0 Å². The Labute approximate surface area is 117 Å². The number of hydrogen-bond acceptors (Lipinski definition) is 4. The first-order valence-corrected chi connectivity index (χ1v) is 6.83. The largest absolute Gasteiger partial charge is 0.369 e. The summed E-state index contributed by atoms with van der Waals surface area (Å²) in [5.41, 5.74) is 1.45. The summed E-state index contributed by atoms with van der Waals surface area (Å²) >= 11 is 6.24. The van der Waals surface area contributed by atoms with E-state index in [0.29, 0.717) is 23.8 Å². The molecule has 0 radical (unpaired) electrons. The van der Waals surface area contributed by atoms with E-state index in [4.69, 9.17) is 21.1 Å². The number of anilines is 1. The Hall–Kier alpha value is -1.28. The minimum atomic E-state index is -0.398. The maximum Gasteiger partial charge on any atom is 0.171 e. The Morgan fingerprint density at radius 3 is 2.53 bits per heavy atom. The lowest BCUT2D eigenvalue weighted by molar-refractivity contribution is -0.169. The summed E-state index contributed by atoms with van der Waals surface area (Å²) in [5, 5.41) is 9.82. The van der Waals surface area contributed by atoms with Crippen molar-refractivity contribution in [1.29, 1.82) is 5.26 Å². The number of halogens is 1. The van der Waals surface area contributed by atoms with E-state index < -0.39 is 5.79 Å². The maximum absolute atomic E-state index is 9.19. The molecule has 0 aliphatic carbocycles. The second-order valence-electron chi connectivity index (χ2n) is 4.84. The van der Waals surface area contributed by atoms with Crippen molar-refractivity contribution in [2.75, 3.05) is 31.2 Å². The lowest BCUT2D eigenvalue weighted by Crippen LogP contribution is -2.45. The van der Waals surface area contributed by atoms with Crippen molar-refractivity contribution in [3.8, 4) is 6.07 Å². The van der Waals surface area contributed by atoms with Crippen molar-refractivity contribution in [1.82, 2.24) is 0 Å². The molecule has 5 heteroatoms. The van der Waals surface area contributed by atoms with Crippen LogP contribution in [-0.4, -0.2) is 32.1 Å². The van der Waals surface area contributed by atoms with E-state index in [2.05, 4.69) is 11.0 Å². The van der Waals surface area contributed by atoms with Gasteiger partial charge in [-0.1, -0.05) is 17.7 Å². The van der Waals surface area contributed by atoms with Gasteiger partial charge in [-0.25, -0.2) is 0 Å². The predicted molar refractivity (Wildman–Crippen MR) is 72.2 cm³/mol. The number of nitriles is 1. The Bertz CT molecular complexity index is 511. The van der Waals surface area contributed by atoms with E-state index in [1.165, 1.54) is 0 Å². The van der Waals surface area contributed by atoms with E-state index in [1.807, 2.05) is 6.07 Å². The summed E-state index contributed by atoms with van der Waals surface area (Å²) in [6, 6.07) is 7.63. The number of para-hydroxylation sites is 1. The van der Waals surface area contributed by atoms with Crippen LogP contribution in [0.5, 0.6) is 0 Å². The van der Waals surface area contributed by atoms with Gasteiger partial charge in [-0.15, -0.1) is 0 Å². The van der Waals surface area contributed by atoms with Gasteiger partial charge in [0, 0.05) is 25.9 Å². The smallest absolute Gasteiger partial charge is 0.171 e. The lowest BCUT2D eigenvalue weighted by atomic mass is 10.0. The van der Waals surface area contributed by atoms with Crippen LogP contribution < -0.4 is 4.90 Å². The van der Waals surface area contributed by atoms with Crippen LogP contribution in [0.1, 0.15) is 18.4 Å². The fourth-order valence-electron chi connectivity index (χ4n) is 2.78. The molecule has 0 saturated carbocycles. The average molecular weight is 279 g/mol. The van der Waals surface area contributed by atoms with Crippen molar-refractivity contribution in [3.63, 3.8) is 0 Å². The van der Waals surface area contributed by atoms with Gasteiger partial charge in [-0.3, -0.25) is 0 Å². The zero-order valence-electron chi connectivity index (χ0n) is 10.6. The minimum Gasteiger partial charge on any atom is -0.369 e. The number of piperidine rings is 1. The Kier molecular flexibility index (Phi) is 3.36. The van der Waals surface area contributed by atoms with E-state index >= 15 is 0 Å². The van der Waals surface area contributed by atoms with Gasteiger partial charge in [-0.2, -0.15) is 5.26 Å². The van der Waals surface area contributed by atoms with Crippen molar-refractivity contribution in [2.24, 2.45) is 0 Å². The first-order valence-electron chi connectivity index (χ1n) is 6.46. The van der Waals surface area contributed by atoms with Gasteiger partial charge in [0.05, 0.1) is 29.5 Å². The Balaban J connectivity index is 1.80. The molecule has 19 heavy (non-hydrogen) atoms. The van der Waals surface area contributed by atoms with Gasteiger partial charge in [0.15, 0.2) is 5.79 Å². The third kappa shape index (κ3) is 2.30. The third-order valence-electron chi connectivity index (χ3n) is 3.76. The zero-order valence-corrected chi connectivity index (χ0v) is 11.3. The highest BCUT2D eigenvalue weighted by molar-refractivity contribution is 6.33. The highest BCUT2D eigenvalue weighted by Crippen LogP contribution is 2.36. The molecule has 2 aliphatic rings. The van der Waals surface area contributed by atoms with Gasteiger partial charge in [0.2, 0.25) is 0 Å². The van der Waals surface area contributed by atoms with Crippen molar-refractivity contribution < 1.29 is 9.47 Å². The SMILES string of the molecule is N#Cc1cccc(Cl)c1N1CCC2(CC1)OCCO2. The van der Waals surface area contributed by atoms with Crippen LogP contribution >= 0.6 is 11.6 Å². The number of rotatable bonds is 1. The average Bonchev–Trinajstić information content (AvgIpc) is 2.88. The molecule has 1 aromatic rings. The zero-order chi connectivity index (χ0) is 13.3. The first-order chi connectivity index (χ1) is 9.24. The van der Waals surface area contributed by atoms with Gasteiger partial charge >= 0.3 is 0 Å². The van der Waals surface area contributed by atoms with Gasteiger partial charge in [0.1, 0.15) is 6.07 Å². The summed E-state index contributed by atoms with van der Waals surface area (Å²) in [4.78, 5) is 2.15. The molecule has 2 heterocycles. The van der Waals surface area contributed by atoms with Crippen LogP contribution in [-0.2, 0) is 9.47 Å². The topological polar surface area (TPSA) is 45.5 Å². The summed E-state index contributed by atoms with van der Waals surface area (Å²) in [7, 11) is 0. The molecule has 1 spiro atoms. The molecule has 0 atom stereocenters. The first kappa shape index (κ1) is 12.7. The molecule has 0 N–H and O–H groups in total. The van der Waals surface area contributed by atoms with Crippen molar-refractivity contribution in [2.45, 2.75) is 18.6 Å². The highest BCUT2D eigenvalue weighted by Gasteiger charge is 2.40. The molecule has 100 valence electrons. The minimum absolute atomic E-state index is 0.398. The molecule has 0 bridgehead atoms. The van der Waals surface area contributed by atoms with Crippen LogP contribution in [0.25, 0.3) is 0 Å². The number of hydrogen-bond donors (Lipinski definition) is 0. The molecule has 2 saturated heterocycles. The van der Waals surface area contributed by atoms with E-state index in [1.54, 1.807) is 12.1 Å². The van der Waals surface area contributed by atoms with Crippen LogP contribution in [0.2, 0.25) is 5.02 Å². The highest BCUT2D eigenvalue weighted by atomic mass is 35.5. The normalized spacial score (nSPS) is 21.6. The second-order valence-corrected chi connectivity index (χ2v) is 5.25. The number of benzene rings is 1. The lowest BCUT2D eigenvalue weighted by Gasteiger charge is -2.39. The standard InChI is InChI=1S/C14H15ClN2O2/c15-12-3-1-2-11(10-16)13(12)17-6-4-14(5-7-17)18-8-9-19-14/h1-3H,4-9H2. The summed E-state index contributed by atoms with van der Waals surface area (Å²) < 4.78 is 11.4. The molecule has 0 amide bonds. The summed E-state index contributed by atoms with van der Waals surface area (Å²) in [5.74, 6) is -0.398. The summed E-state index contributed by atoms with van der Waals surface area (Å²) in [6.07, 6.45) is 1.62. The van der Waals surface area contributed by atoms with Gasteiger partial charge in [-0.05, 0) is 12.1 Å². The molecule has 1 aromatic carbocycles. The molecule has 0 aromatic heterocycles. The van der Waals surface area contributed by atoms with Crippen LogP contribution in [0.15, 0.2) is 18.2 Å². The van der Waals surface area contributed by atoms with Crippen molar-refractivity contribution in [3.05, 3.63) is 28.8 Å². The molecule has 0 unspecified atom stereocenters. The monoisotopic (exact) mass is 278 g/mol. The molecular formula is C14H15ClN2O2. The Morgan fingerprint density at radius 2 is 1.89 bits per heavy atom. The molecular weight excluding hydrogens is 264 g/mol. The maximum atomic E-state index is 9.19. The van der Waals surface area contributed by atoms with Crippen LogP contribution in [0, 0.1) is 11.3 Å². The van der Waals surface area contributed by atoms with E-state index in [9.17, 15) is 5.26 Å². The fraction of sp³-hybridized carbons (Fsp3) is 0.500. The predicted octanol–water partition coefficient (Wildman–Crippen LogP) is 2.55. The van der Waals surface area contributed by atoms with Crippen LogP contribution in [0.4, 0.5) is 5.69 Å². The van der Waals surface area contributed by atoms with Crippen LogP contribution in [0.3, 0.4) is 0 Å². The Morgan fingerprint density at radius 1 is 1.21 bits per heavy atom. The molecule has 3 rings (SSSR count).